The van der Waals surface area contributed by atoms with Gasteiger partial charge in [0.15, 0.2) is 20.6 Å². The van der Waals surface area contributed by atoms with Crippen LogP contribution in [0.4, 0.5) is 4.39 Å². The molecule has 0 fully saturated rings. The molecule has 0 aromatic heterocycles. The fraction of sp³-hybridized carbons (Fsp3) is 0.333. The van der Waals surface area contributed by atoms with Crippen LogP contribution < -0.4 is 4.74 Å². The van der Waals surface area contributed by atoms with Crippen molar-refractivity contribution < 1.29 is 23.9 Å². The number of aryl methyl sites for hydroxylation is 1. The van der Waals surface area contributed by atoms with Crippen LogP contribution in [0.1, 0.15) is 11.1 Å². The number of hydrogen-bond acceptors (Lipinski definition) is 7. The lowest BCUT2D eigenvalue weighted by Crippen LogP contribution is -2.50. The van der Waals surface area contributed by atoms with E-state index in [9.17, 15) is 34.7 Å². The predicted octanol–water partition coefficient (Wildman–Crippen LogP) is 1.08. The Morgan fingerprint density at radius 3 is 1.90 bits per heavy atom. The highest BCUT2D eigenvalue weighted by Crippen LogP contribution is 2.33. The molecule has 0 saturated heterocycles. The summed E-state index contributed by atoms with van der Waals surface area (Å²) in [6.45, 7) is 1.14. The lowest BCUT2D eigenvalue weighted by atomic mass is 10.0. The summed E-state index contributed by atoms with van der Waals surface area (Å²) < 4.78 is 18.6. The summed E-state index contributed by atoms with van der Waals surface area (Å²) in [5.74, 6) is -5.60. The topological polar surface area (TPSA) is 139 Å². The lowest BCUT2D eigenvalue weighted by Gasteiger charge is -2.12. The molecule has 1 aromatic rings. The van der Waals surface area contributed by atoms with E-state index in [1.165, 1.54) is 0 Å². The Morgan fingerprint density at radius 1 is 1.10 bits per heavy atom. The Balaban J connectivity index is 3.83. The molecular weight excluding hydrogens is 281 g/mol. The summed E-state index contributed by atoms with van der Waals surface area (Å²) in [6.07, 6.45) is 0. The van der Waals surface area contributed by atoms with E-state index in [1.54, 1.807) is 0 Å². The van der Waals surface area contributed by atoms with Crippen molar-refractivity contribution in [3.8, 4) is 5.75 Å². The Kier molecular flexibility index (Phi) is 3.82. The summed E-state index contributed by atoms with van der Waals surface area (Å²) >= 11 is 0. The molecule has 0 aliphatic rings. The van der Waals surface area contributed by atoms with Gasteiger partial charge in [-0.3, -0.25) is 30.3 Å². The normalized spacial score (nSPS) is 10.9. The molecule has 1 rings (SSSR count). The molecule has 0 radical (unpaired) electrons. The third kappa shape index (κ3) is 1.98. The molecule has 10 nitrogen and oxygen atoms in total. The molecule has 0 spiro atoms. The van der Waals surface area contributed by atoms with Crippen LogP contribution in [0.2, 0.25) is 0 Å². The second kappa shape index (κ2) is 5.03. The van der Waals surface area contributed by atoms with Crippen LogP contribution in [0.5, 0.6) is 5.75 Å². The number of ether oxygens (including phenoxy) is 1. The highest BCUT2D eigenvalue weighted by molar-refractivity contribution is 5.36. The van der Waals surface area contributed by atoms with Gasteiger partial charge < -0.3 is 4.74 Å². The van der Waals surface area contributed by atoms with Crippen LogP contribution >= 0.6 is 0 Å². The first-order valence-electron chi connectivity index (χ1n) is 4.97. The largest absolute Gasteiger partial charge is 0.731 e. The van der Waals surface area contributed by atoms with Gasteiger partial charge in [-0.2, -0.15) is 0 Å². The summed E-state index contributed by atoms with van der Waals surface area (Å²) in [5, 5.41) is 32.6. The number of nitro groups is 3. The first-order chi connectivity index (χ1) is 9.19. The van der Waals surface area contributed by atoms with E-state index in [4.69, 9.17) is 4.74 Å². The van der Waals surface area contributed by atoms with Gasteiger partial charge in [0.05, 0.1) is 7.11 Å². The molecule has 0 atom stereocenters. The average molecular weight is 289 g/mol. The van der Waals surface area contributed by atoms with E-state index in [2.05, 4.69) is 0 Å². The van der Waals surface area contributed by atoms with Gasteiger partial charge in [0.25, 0.3) is 0 Å². The van der Waals surface area contributed by atoms with Crippen molar-refractivity contribution in [3.05, 3.63) is 59.4 Å². The molecule has 11 heteroatoms. The molecule has 0 amide bonds. The maximum absolute atomic E-state index is 13.9. The fourth-order valence-corrected chi connectivity index (χ4v) is 1.59. The molecule has 0 N–H and O–H groups in total. The molecule has 0 saturated carbocycles. The lowest BCUT2D eigenvalue weighted by molar-refractivity contribution is -0.986. The van der Waals surface area contributed by atoms with E-state index < -0.39 is 31.9 Å². The van der Waals surface area contributed by atoms with Crippen LogP contribution in [0, 0.1) is 43.1 Å². The number of methoxy groups -OCH3 is 1. The molecule has 0 bridgehead atoms. The summed E-state index contributed by atoms with van der Waals surface area (Å²) in [5.41, 5.74) is -1.55. The second-order valence-electron chi connectivity index (χ2n) is 3.71. The van der Waals surface area contributed by atoms with E-state index in [1.807, 2.05) is 0 Å². The number of hydrogen-bond donors (Lipinski definition) is 0. The molecule has 20 heavy (non-hydrogen) atoms. The Labute approximate surface area is 110 Å². The fourth-order valence-electron chi connectivity index (χ4n) is 1.59. The van der Waals surface area contributed by atoms with Gasteiger partial charge in [-0.15, -0.1) is 0 Å². The maximum Gasteiger partial charge on any atom is 0.731 e. The third-order valence-corrected chi connectivity index (χ3v) is 2.59. The van der Waals surface area contributed by atoms with Gasteiger partial charge in [-0.25, -0.2) is 4.39 Å². The monoisotopic (exact) mass is 289 g/mol. The van der Waals surface area contributed by atoms with Gasteiger partial charge in [-0.1, -0.05) is 0 Å². The summed E-state index contributed by atoms with van der Waals surface area (Å²) in [6, 6.07) is 1.67. The van der Waals surface area contributed by atoms with Crippen LogP contribution in [0.3, 0.4) is 0 Å². The smallest absolute Gasteiger partial charge is 0.497 e. The number of halogens is 1. The van der Waals surface area contributed by atoms with Crippen molar-refractivity contribution in [2.45, 2.75) is 12.7 Å². The summed E-state index contributed by atoms with van der Waals surface area (Å²) in [7, 11) is 1.13. The zero-order valence-electron chi connectivity index (χ0n) is 10.2. The van der Waals surface area contributed by atoms with Crippen molar-refractivity contribution in [1.29, 1.82) is 0 Å². The highest BCUT2D eigenvalue weighted by Gasteiger charge is 2.74. The van der Waals surface area contributed by atoms with E-state index in [0.717, 1.165) is 20.1 Å². The van der Waals surface area contributed by atoms with E-state index in [0.29, 0.717) is 6.07 Å². The number of benzene rings is 1. The molecule has 108 valence electrons. The minimum atomic E-state index is -4.02. The highest BCUT2D eigenvalue weighted by atomic mass is 19.1. The molecule has 0 aliphatic heterocycles. The van der Waals surface area contributed by atoms with Gasteiger partial charge in [0.1, 0.15) is 5.75 Å². The summed E-state index contributed by atoms with van der Waals surface area (Å²) in [4.78, 5) is 27.4. The average Bonchev–Trinajstić information content (AvgIpc) is 2.33. The SMILES string of the molecule is COc1cc(C)c(F)c(C([N+](=O)[O-])([N+](=O)[O-])[N+](=O)[O-])c1. The molecule has 0 aliphatic carbocycles. The first-order valence-corrected chi connectivity index (χ1v) is 4.97. The van der Waals surface area contributed by atoms with E-state index in [-0.39, 0.29) is 11.3 Å². The zero-order chi connectivity index (χ0) is 15.7. The van der Waals surface area contributed by atoms with Crippen LogP contribution in [0.25, 0.3) is 0 Å². The van der Waals surface area contributed by atoms with Crippen molar-refractivity contribution in [2.24, 2.45) is 0 Å². The molecule has 1 aromatic carbocycles. The Morgan fingerprint density at radius 2 is 1.55 bits per heavy atom. The third-order valence-electron chi connectivity index (χ3n) is 2.59. The first kappa shape index (κ1) is 15.2. The Hall–Kier alpha value is -2.85. The molecule has 0 heterocycles. The zero-order valence-corrected chi connectivity index (χ0v) is 10.2. The van der Waals surface area contributed by atoms with Crippen LogP contribution in [-0.4, -0.2) is 21.9 Å². The Bertz CT molecular complexity index is 567. The number of rotatable bonds is 5. The van der Waals surface area contributed by atoms with E-state index >= 15 is 0 Å². The van der Waals surface area contributed by atoms with Crippen molar-refractivity contribution in [3.63, 3.8) is 0 Å². The van der Waals surface area contributed by atoms with Gasteiger partial charge >= 0.3 is 5.79 Å². The van der Waals surface area contributed by atoms with Crippen molar-refractivity contribution >= 4 is 0 Å². The molecular formula is C9H8FN3O7. The predicted molar refractivity (Wildman–Crippen MR) is 60.4 cm³/mol. The minimum Gasteiger partial charge on any atom is -0.497 e. The van der Waals surface area contributed by atoms with Crippen molar-refractivity contribution in [2.75, 3.05) is 7.11 Å². The molecule has 0 unspecified atom stereocenters. The van der Waals surface area contributed by atoms with Gasteiger partial charge in [-0.05, 0) is 18.6 Å². The quantitative estimate of drug-likeness (QED) is 0.449. The standard InChI is InChI=1S/C9H8FN3O7/c1-5-3-6(20-2)4-7(8(5)10)9(11(14)15,12(16)17)13(18)19/h3-4H,1-2H3. The van der Waals surface area contributed by atoms with Gasteiger partial charge in [0, 0.05) is 6.07 Å². The van der Waals surface area contributed by atoms with Crippen molar-refractivity contribution in [1.82, 2.24) is 0 Å². The second-order valence-corrected chi connectivity index (χ2v) is 3.71. The minimum absolute atomic E-state index is 0.172. The maximum atomic E-state index is 13.9. The van der Waals surface area contributed by atoms with Gasteiger partial charge in [0.2, 0.25) is 5.56 Å². The number of nitrogens with zero attached hydrogens (tertiary/aromatic N) is 3. The van der Waals surface area contributed by atoms with Crippen LogP contribution in [0.15, 0.2) is 12.1 Å². The van der Waals surface area contributed by atoms with Crippen LogP contribution in [-0.2, 0) is 5.79 Å².